The Labute approximate surface area is 182 Å². The van der Waals surface area contributed by atoms with Gasteiger partial charge < -0.3 is 9.42 Å². The number of carbonyl (C=O) groups excluding carboxylic acids is 1. The van der Waals surface area contributed by atoms with E-state index in [1.165, 1.54) is 70.6 Å². The number of likely N-dealkylation sites (tertiary alicyclic amines) is 1. The minimum absolute atomic E-state index is 0.0414. The molecule has 0 bridgehead atoms. The summed E-state index contributed by atoms with van der Waals surface area (Å²) in [6.07, 6.45) is 15.8. The van der Waals surface area contributed by atoms with Crippen molar-refractivity contribution in [2.75, 3.05) is 13.2 Å². The Morgan fingerprint density at radius 2 is 1.43 bits per heavy atom. The summed E-state index contributed by atoms with van der Waals surface area (Å²) < 4.78 is 16.3. The van der Waals surface area contributed by atoms with Crippen LogP contribution in [0.15, 0.2) is 0 Å². The van der Waals surface area contributed by atoms with Crippen LogP contribution in [0.3, 0.4) is 0 Å². The summed E-state index contributed by atoms with van der Waals surface area (Å²) >= 11 is 10.9. The van der Waals surface area contributed by atoms with Gasteiger partial charge in [0.05, 0.1) is 12.6 Å². The molecule has 1 rings (SSSR count). The predicted molar refractivity (Wildman–Crippen MR) is 120 cm³/mol. The van der Waals surface area contributed by atoms with Gasteiger partial charge in [-0.3, -0.25) is 9.36 Å². The fraction of sp³-hybridized carbons (Fsp3) is 0.952. The van der Waals surface area contributed by atoms with Crippen LogP contribution in [-0.4, -0.2) is 30.0 Å². The van der Waals surface area contributed by atoms with Gasteiger partial charge in [-0.1, -0.05) is 84.0 Å². The largest absolute Gasteiger partial charge is 0.380 e. The van der Waals surface area contributed by atoms with Crippen molar-refractivity contribution in [1.82, 2.24) is 4.90 Å². The highest BCUT2D eigenvalue weighted by Gasteiger charge is 2.30. The maximum Gasteiger partial charge on any atom is 0.380 e. The van der Waals surface area contributed by atoms with E-state index in [4.69, 9.17) is 27.0 Å². The summed E-state index contributed by atoms with van der Waals surface area (Å²) in [7, 11) is 0. The van der Waals surface area contributed by atoms with Crippen molar-refractivity contribution in [1.29, 1.82) is 0 Å². The fourth-order valence-electron chi connectivity index (χ4n) is 3.95. The molecule has 1 atom stereocenters. The second-order valence-electron chi connectivity index (χ2n) is 8.09. The molecule has 1 amide bonds. The molecule has 1 aliphatic rings. The fourth-order valence-corrected chi connectivity index (χ4v) is 4.63. The first-order valence-electron chi connectivity index (χ1n) is 11.4. The molecule has 0 spiro atoms. The number of amides is 1. The number of hydrogen-bond donors (Lipinski definition) is 0. The Kier molecular flexibility index (Phi) is 15.0. The second kappa shape index (κ2) is 16.0. The summed E-state index contributed by atoms with van der Waals surface area (Å²) in [6.45, 7) is 3.17. The molecule has 1 saturated heterocycles. The van der Waals surface area contributed by atoms with E-state index in [1.54, 1.807) is 0 Å². The highest BCUT2D eigenvalue weighted by Crippen LogP contribution is 2.57. The lowest BCUT2D eigenvalue weighted by Crippen LogP contribution is -2.37. The average molecular weight is 456 g/mol. The number of unbranched alkanes of at least 4 members (excludes halogenated alkanes) is 12. The van der Waals surface area contributed by atoms with E-state index in [0.717, 1.165) is 32.2 Å². The highest BCUT2D eigenvalue weighted by molar-refractivity contribution is 8.05. The van der Waals surface area contributed by atoms with Crippen molar-refractivity contribution < 1.29 is 13.9 Å². The molecule has 1 fully saturated rings. The molecule has 1 heterocycles. The van der Waals surface area contributed by atoms with Crippen LogP contribution in [0.5, 0.6) is 0 Å². The van der Waals surface area contributed by atoms with E-state index >= 15 is 0 Å². The molecule has 7 heteroatoms. The van der Waals surface area contributed by atoms with Gasteiger partial charge >= 0.3 is 6.07 Å². The Morgan fingerprint density at radius 3 is 1.93 bits per heavy atom. The first-order valence-corrected chi connectivity index (χ1v) is 14.8. The van der Waals surface area contributed by atoms with E-state index in [9.17, 15) is 9.36 Å². The first kappa shape index (κ1) is 26.3. The van der Waals surface area contributed by atoms with Crippen molar-refractivity contribution in [2.45, 2.75) is 116 Å². The molecule has 0 aromatic carbocycles. The van der Waals surface area contributed by atoms with Gasteiger partial charge in [0.1, 0.15) is 0 Å². The van der Waals surface area contributed by atoms with Crippen molar-refractivity contribution in [3.8, 4) is 0 Å². The minimum atomic E-state index is -3.52. The van der Waals surface area contributed by atoms with Crippen molar-refractivity contribution in [2.24, 2.45) is 0 Å². The molecule has 166 valence electrons. The first-order chi connectivity index (χ1) is 13.4. The van der Waals surface area contributed by atoms with Gasteiger partial charge in [-0.2, -0.15) is 0 Å². The Balaban J connectivity index is 1.96. The van der Waals surface area contributed by atoms with Crippen LogP contribution in [0.1, 0.15) is 110 Å². The van der Waals surface area contributed by atoms with Gasteiger partial charge in [0.15, 0.2) is 0 Å². The number of nitrogens with zero attached hydrogens (tertiary/aromatic N) is 1. The summed E-state index contributed by atoms with van der Waals surface area (Å²) in [5.74, 6) is 0.174. The van der Waals surface area contributed by atoms with Gasteiger partial charge in [0, 0.05) is 13.0 Å². The molecular formula is C21H40Cl2NO3P. The molecule has 0 radical (unpaired) electrons. The summed E-state index contributed by atoms with van der Waals surface area (Å²) in [5.41, 5.74) is 0. The third kappa shape index (κ3) is 13.5. The highest BCUT2D eigenvalue weighted by atomic mass is 35.9. The number of carbonyl (C=O) groups is 1. The van der Waals surface area contributed by atoms with E-state index in [0.29, 0.717) is 6.42 Å². The zero-order chi connectivity index (χ0) is 20.7. The van der Waals surface area contributed by atoms with Crippen LogP contribution >= 0.6 is 28.6 Å². The smallest absolute Gasteiger partial charge is 0.337 e. The molecule has 0 aliphatic carbocycles. The van der Waals surface area contributed by atoms with Gasteiger partial charge in [-0.25, -0.2) is 0 Å². The molecule has 28 heavy (non-hydrogen) atoms. The predicted octanol–water partition coefficient (Wildman–Crippen LogP) is 8.06. The van der Waals surface area contributed by atoms with E-state index in [-0.39, 0.29) is 18.6 Å². The molecule has 0 N–H and O–H groups in total. The third-order valence-corrected chi connectivity index (χ3v) is 6.64. The van der Waals surface area contributed by atoms with Crippen LogP contribution in [-0.2, 0) is 13.9 Å². The second-order valence-corrected chi connectivity index (χ2v) is 12.4. The number of rotatable bonds is 17. The van der Waals surface area contributed by atoms with Gasteiger partial charge in [-0.05, 0) is 41.7 Å². The lowest BCUT2D eigenvalue weighted by molar-refractivity contribution is -0.132. The molecular weight excluding hydrogens is 416 g/mol. The third-order valence-electron chi connectivity index (χ3n) is 5.61. The Hall–Kier alpha value is 0.240. The Morgan fingerprint density at radius 1 is 0.929 bits per heavy atom. The lowest BCUT2D eigenvalue weighted by atomic mass is 10.0. The molecule has 1 unspecified atom stereocenters. The van der Waals surface area contributed by atoms with E-state index in [2.05, 4.69) is 6.92 Å². The summed E-state index contributed by atoms with van der Waals surface area (Å²) in [5, 5.41) is 0. The van der Waals surface area contributed by atoms with Crippen LogP contribution in [0, 0.1) is 0 Å². The molecule has 0 saturated carbocycles. The van der Waals surface area contributed by atoms with Crippen molar-refractivity contribution in [3.05, 3.63) is 0 Å². The molecule has 0 aromatic rings. The zero-order valence-corrected chi connectivity index (χ0v) is 20.1. The van der Waals surface area contributed by atoms with E-state index in [1.807, 2.05) is 4.90 Å². The monoisotopic (exact) mass is 455 g/mol. The van der Waals surface area contributed by atoms with E-state index < -0.39 is 6.07 Å². The topological polar surface area (TPSA) is 46.6 Å². The van der Waals surface area contributed by atoms with Crippen LogP contribution in [0.2, 0.25) is 0 Å². The molecule has 4 nitrogen and oxygen atoms in total. The normalized spacial score (nSPS) is 17.4. The average Bonchev–Trinajstić information content (AvgIpc) is 3.12. The minimum Gasteiger partial charge on any atom is -0.337 e. The van der Waals surface area contributed by atoms with Gasteiger partial charge in [-0.15, -0.1) is 0 Å². The summed E-state index contributed by atoms with van der Waals surface area (Å²) in [4.78, 5) is 14.3. The summed E-state index contributed by atoms with van der Waals surface area (Å²) in [6, 6.07) is -0.0414. The number of hydrogen-bond acceptors (Lipinski definition) is 3. The van der Waals surface area contributed by atoms with Crippen molar-refractivity contribution in [3.63, 3.8) is 0 Å². The maximum absolute atomic E-state index is 12.4. The van der Waals surface area contributed by atoms with Crippen LogP contribution in [0.25, 0.3) is 0 Å². The SMILES string of the molecule is CCCCCCCCCCCCCCCC(=O)N1CCCC1COP(=O)(Cl)Cl. The lowest BCUT2D eigenvalue weighted by Gasteiger charge is -2.24. The zero-order valence-electron chi connectivity index (χ0n) is 17.7. The van der Waals surface area contributed by atoms with Gasteiger partial charge in [0.25, 0.3) is 0 Å². The molecule has 1 aliphatic heterocycles. The van der Waals surface area contributed by atoms with Gasteiger partial charge in [0.2, 0.25) is 5.91 Å². The van der Waals surface area contributed by atoms with Crippen molar-refractivity contribution >= 4 is 34.5 Å². The quantitative estimate of drug-likeness (QED) is 0.164. The molecule has 0 aromatic heterocycles. The Bertz CT molecular complexity index is 459. The standard InChI is InChI=1S/C21H40Cl2NO3P/c1-2-3-4-5-6-7-8-9-10-11-12-13-14-17-21(25)24-18-15-16-20(24)19-27-28(22,23)26/h20H,2-19H2,1H3. The number of halogens is 2. The van der Waals surface area contributed by atoms with Crippen LogP contribution < -0.4 is 0 Å². The van der Waals surface area contributed by atoms with Crippen LogP contribution in [0.4, 0.5) is 0 Å². The maximum atomic E-state index is 12.4.